The van der Waals surface area contributed by atoms with Gasteiger partial charge in [0.25, 0.3) is 0 Å². The molecule has 1 fully saturated rings. The molecule has 0 bridgehead atoms. The van der Waals surface area contributed by atoms with Crippen molar-refractivity contribution in [2.45, 2.75) is 57.5 Å². The molecule has 1 aliphatic heterocycles. The second kappa shape index (κ2) is 5.55. The minimum Gasteiger partial charge on any atom is -0.411 e. The average molecular weight is 271 g/mol. The highest BCUT2D eigenvalue weighted by atomic mass is 28.4. The number of carbonyl (C=O) groups is 1. The maximum absolute atomic E-state index is 11.5. The summed E-state index contributed by atoms with van der Waals surface area (Å²) in [5.41, 5.74) is 0. The van der Waals surface area contributed by atoms with Gasteiger partial charge in [-0.05, 0) is 18.1 Å². The zero-order chi connectivity index (χ0) is 14.0. The maximum atomic E-state index is 11.5. The van der Waals surface area contributed by atoms with Crippen molar-refractivity contribution >= 4 is 14.2 Å². The number of hydrogen-bond donors (Lipinski definition) is 2. The molecule has 2 atom stereocenters. The summed E-state index contributed by atoms with van der Waals surface area (Å²) in [7, 11) is -1.87. The fourth-order valence-electron chi connectivity index (χ4n) is 1.70. The van der Waals surface area contributed by atoms with Gasteiger partial charge in [-0.25, -0.2) is 0 Å². The van der Waals surface area contributed by atoms with E-state index < -0.39 is 8.32 Å². The number of hydrogen-bond acceptors (Lipinski definition) is 3. The second-order valence-corrected chi connectivity index (χ2v) is 11.1. The summed E-state index contributed by atoms with van der Waals surface area (Å²) >= 11 is 0. The SMILES string of the molecule is CC(C)(C)[Si](C)(C)O[C@H]1CC(=O)N[C@H]1/C=C\CO. The Morgan fingerprint density at radius 2 is 2.11 bits per heavy atom. The Balaban J connectivity index is 2.75. The molecule has 104 valence electrons. The Morgan fingerprint density at radius 1 is 1.50 bits per heavy atom. The van der Waals surface area contributed by atoms with E-state index in [1.807, 2.05) is 6.08 Å². The molecule has 18 heavy (non-hydrogen) atoms. The molecule has 1 saturated heterocycles. The minimum atomic E-state index is -1.87. The van der Waals surface area contributed by atoms with E-state index in [-0.39, 0.29) is 29.7 Å². The largest absolute Gasteiger partial charge is 0.411 e. The lowest BCUT2D eigenvalue weighted by atomic mass is 10.1. The number of aliphatic hydroxyl groups is 1. The van der Waals surface area contributed by atoms with Gasteiger partial charge in [-0.1, -0.05) is 32.9 Å². The first kappa shape index (κ1) is 15.4. The summed E-state index contributed by atoms with van der Waals surface area (Å²) in [6.07, 6.45) is 3.77. The van der Waals surface area contributed by atoms with Gasteiger partial charge in [0.2, 0.25) is 5.91 Å². The Morgan fingerprint density at radius 3 is 2.61 bits per heavy atom. The van der Waals surface area contributed by atoms with Crippen LogP contribution in [0, 0.1) is 0 Å². The number of carbonyl (C=O) groups excluding carboxylic acids is 1. The summed E-state index contributed by atoms with van der Waals surface area (Å²) in [6, 6.07) is -0.112. The molecule has 1 heterocycles. The van der Waals surface area contributed by atoms with Gasteiger partial charge in [0, 0.05) is 0 Å². The van der Waals surface area contributed by atoms with Crippen LogP contribution in [0.3, 0.4) is 0 Å². The monoisotopic (exact) mass is 271 g/mol. The third-order valence-electron chi connectivity index (χ3n) is 3.82. The number of amides is 1. The number of aliphatic hydroxyl groups excluding tert-OH is 1. The first-order valence-corrected chi connectivity index (χ1v) is 9.33. The molecular formula is C13H25NO3Si. The van der Waals surface area contributed by atoms with Crippen LogP contribution in [0.2, 0.25) is 18.1 Å². The summed E-state index contributed by atoms with van der Waals surface area (Å²) in [6.45, 7) is 10.9. The lowest BCUT2D eigenvalue weighted by Crippen LogP contribution is -2.46. The van der Waals surface area contributed by atoms with Gasteiger partial charge in [-0.2, -0.15) is 0 Å². The summed E-state index contributed by atoms with van der Waals surface area (Å²) < 4.78 is 6.27. The molecule has 5 heteroatoms. The second-order valence-electron chi connectivity index (χ2n) is 6.32. The molecule has 4 nitrogen and oxygen atoms in total. The highest BCUT2D eigenvalue weighted by Crippen LogP contribution is 2.38. The van der Waals surface area contributed by atoms with E-state index in [1.165, 1.54) is 0 Å². The molecule has 2 N–H and O–H groups in total. The van der Waals surface area contributed by atoms with Crippen molar-refractivity contribution in [2.75, 3.05) is 6.61 Å². The summed E-state index contributed by atoms with van der Waals surface area (Å²) in [5.74, 6) is 0.0197. The normalized spacial score (nSPS) is 25.8. The van der Waals surface area contributed by atoms with Gasteiger partial charge in [0.15, 0.2) is 8.32 Å². The third kappa shape index (κ3) is 3.67. The molecule has 1 rings (SSSR count). The first-order chi connectivity index (χ1) is 8.17. The molecule has 1 amide bonds. The molecule has 0 spiro atoms. The van der Waals surface area contributed by atoms with E-state index in [9.17, 15) is 4.79 Å². The van der Waals surface area contributed by atoms with Gasteiger partial charge in [-0.15, -0.1) is 0 Å². The van der Waals surface area contributed by atoms with E-state index in [1.54, 1.807) is 6.08 Å². The summed E-state index contributed by atoms with van der Waals surface area (Å²) in [4.78, 5) is 11.5. The van der Waals surface area contributed by atoms with Gasteiger partial charge < -0.3 is 14.8 Å². The van der Waals surface area contributed by atoms with Crippen LogP contribution in [-0.4, -0.2) is 38.1 Å². The summed E-state index contributed by atoms with van der Waals surface area (Å²) in [5, 5.41) is 11.8. The highest BCUT2D eigenvalue weighted by molar-refractivity contribution is 6.74. The molecule has 0 aliphatic carbocycles. The fraction of sp³-hybridized carbons (Fsp3) is 0.769. The van der Waals surface area contributed by atoms with Crippen LogP contribution in [0.5, 0.6) is 0 Å². The minimum absolute atomic E-state index is 0.0147. The Bertz CT molecular complexity index is 334. The zero-order valence-corrected chi connectivity index (χ0v) is 13.0. The lowest BCUT2D eigenvalue weighted by Gasteiger charge is -2.39. The van der Waals surface area contributed by atoms with E-state index in [0.29, 0.717) is 6.42 Å². The molecule has 0 aromatic rings. The van der Waals surface area contributed by atoms with Crippen LogP contribution in [0.15, 0.2) is 12.2 Å². The van der Waals surface area contributed by atoms with Crippen molar-refractivity contribution in [3.63, 3.8) is 0 Å². The molecule has 0 aromatic carbocycles. The van der Waals surface area contributed by atoms with Crippen LogP contribution in [0.25, 0.3) is 0 Å². The van der Waals surface area contributed by atoms with Crippen LogP contribution >= 0.6 is 0 Å². The zero-order valence-electron chi connectivity index (χ0n) is 12.0. The van der Waals surface area contributed by atoms with Crippen molar-refractivity contribution in [2.24, 2.45) is 0 Å². The van der Waals surface area contributed by atoms with Crippen LogP contribution in [0.1, 0.15) is 27.2 Å². The van der Waals surface area contributed by atoms with Crippen molar-refractivity contribution in [1.29, 1.82) is 0 Å². The quantitative estimate of drug-likeness (QED) is 0.605. The van der Waals surface area contributed by atoms with Gasteiger partial charge in [-0.3, -0.25) is 4.79 Å². The van der Waals surface area contributed by atoms with Crippen LogP contribution < -0.4 is 5.32 Å². The van der Waals surface area contributed by atoms with Crippen LogP contribution in [0.4, 0.5) is 0 Å². The smallest absolute Gasteiger partial charge is 0.223 e. The van der Waals surface area contributed by atoms with Crippen molar-refractivity contribution in [3.05, 3.63) is 12.2 Å². The van der Waals surface area contributed by atoms with Gasteiger partial charge in [0.05, 0.1) is 25.2 Å². The Hall–Kier alpha value is -0.653. The van der Waals surface area contributed by atoms with Crippen LogP contribution in [-0.2, 0) is 9.22 Å². The molecule has 0 aromatic heterocycles. The third-order valence-corrected chi connectivity index (χ3v) is 8.32. The Labute approximate surface area is 111 Å². The van der Waals surface area contributed by atoms with Crippen molar-refractivity contribution in [1.82, 2.24) is 5.32 Å². The van der Waals surface area contributed by atoms with E-state index >= 15 is 0 Å². The Kier molecular flexibility index (Phi) is 4.75. The van der Waals surface area contributed by atoms with Gasteiger partial charge in [0.1, 0.15) is 0 Å². The molecular weight excluding hydrogens is 246 g/mol. The maximum Gasteiger partial charge on any atom is 0.223 e. The molecule has 0 unspecified atom stereocenters. The van der Waals surface area contributed by atoms with E-state index in [4.69, 9.17) is 9.53 Å². The average Bonchev–Trinajstić information content (AvgIpc) is 2.53. The molecule has 1 aliphatic rings. The number of rotatable bonds is 4. The standard InChI is InChI=1S/C13H25NO3Si/c1-13(2,3)18(4,5)17-11-9-12(16)14-10(11)7-6-8-15/h6-7,10-11,15H,8-9H2,1-5H3,(H,14,16)/b7-6-/t10-,11-/m0/s1. The van der Waals surface area contributed by atoms with Gasteiger partial charge >= 0.3 is 0 Å². The van der Waals surface area contributed by atoms with Crippen molar-refractivity contribution < 1.29 is 14.3 Å². The predicted octanol–water partition coefficient (Wildman–Crippen LogP) is 1.81. The first-order valence-electron chi connectivity index (χ1n) is 6.42. The molecule has 0 radical (unpaired) electrons. The highest BCUT2D eigenvalue weighted by Gasteiger charge is 2.42. The van der Waals surface area contributed by atoms with E-state index in [0.717, 1.165) is 0 Å². The van der Waals surface area contributed by atoms with Crippen molar-refractivity contribution in [3.8, 4) is 0 Å². The lowest BCUT2D eigenvalue weighted by molar-refractivity contribution is -0.119. The topological polar surface area (TPSA) is 58.6 Å². The van der Waals surface area contributed by atoms with E-state index in [2.05, 4.69) is 39.2 Å². The predicted molar refractivity (Wildman–Crippen MR) is 74.8 cm³/mol. The number of nitrogens with one attached hydrogen (secondary N) is 1. The molecule has 0 saturated carbocycles. The fourth-order valence-corrected chi connectivity index (χ4v) is 3.04.